The van der Waals surface area contributed by atoms with E-state index in [0.29, 0.717) is 0 Å². The third kappa shape index (κ3) is 23.6. The smallest absolute Gasteiger partial charge is 0.171 e. The molecule has 1 fully saturated rings. The van der Waals surface area contributed by atoms with Crippen LogP contribution < -0.4 is 0 Å². The lowest BCUT2D eigenvalue weighted by atomic mass is 9.52. The summed E-state index contributed by atoms with van der Waals surface area (Å²) >= 11 is 0. The van der Waals surface area contributed by atoms with Gasteiger partial charge in [-0.3, -0.25) is 0 Å². The maximum Gasteiger partial charge on any atom is 0.171 e. The Kier molecular flexibility index (Phi) is 36.5. The van der Waals surface area contributed by atoms with E-state index in [2.05, 4.69) is 34.6 Å². The Balaban J connectivity index is 3.29. The van der Waals surface area contributed by atoms with Gasteiger partial charge in [-0.05, 0) is 32.1 Å². The zero-order valence-corrected chi connectivity index (χ0v) is 39.9. The Morgan fingerprint density at radius 3 is 0.768 bits per heavy atom. The maximum atomic E-state index is 13.2. The topological polar surface area (TPSA) is 29.5 Å². The highest BCUT2D eigenvalue weighted by atomic mass is 16.6. The molecule has 1 rings (SSSR count). The minimum atomic E-state index is -0.947. The lowest BCUT2D eigenvalue weighted by molar-refractivity contribution is -0.244. The molecule has 0 amide bonds. The highest BCUT2D eigenvalue weighted by Gasteiger charge is 2.66. The van der Waals surface area contributed by atoms with E-state index in [0.717, 1.165) is 19.4 Å². The third-order valence-corrected chi connectivity index (χ3v) is 14.7. The Morgan fingerprint density at radius 1 is 0.286 bits per heavy atom. The summed E-state index contributed by atoms with van der Waals surface area (Å²) in [5.74, 6) is -0.947. The summed E-state index contributed by atoms with van der Waals surface area (Å²) in [5, 5.41) is 13.2. The predicted octanol–water partition coefficient (Wildman–Crippen LogP) is 19.3. The second kappa shape index (κ2) is 37.9. The van der Waals surface area contributed by atoms with Crippen LogP contribution in [0, 0.1) is 10.8 Å². The van der Waals surface area contributed by atoms with Crippen LogP contribution in [0.1, 0.15) is 324 Å². The van der Waals surface area contributed by atoms with Gasteiger partial charge in [0.1, 0.15) is 0 Å². The molecule has 0 aromatic rings. The second-order valence-corrected chi connectivity index (χ2v) is 19.6. The first-order chi connectivity index (χ1) is 27.5. The molecule has 1 unspecified atom stereocenters. The normalized spacial score (nSPS) is 17.7. The van der Waals surface area contributed by atoms with Crippen molar-refractivity contribution in [2.45, 2.75) is 329 Å². The number of unbranched alkanes of at least 4 members (excludes halogenated alkanes) is 35. The van der Waals surface area contributed by atoms with Crippen molar-refractivity contribution in [2.24, 2.45) is 10.8 Å². The Labute approximate surface area is 355 Å². The zero-order chi connectivity index (χ0) is 40.7. The molecule has 0 aromatic carbocycles. The van der Waals surface area contributed by atoms with Gasteiger partial charge in [0, 0.05) is 17.3 Å². The number of hydrogen-bond acceptors (Lipinski definition) is 2. The fourth-order valence-electron chi connectivity index (χ4n) is 10.9. The minimum absolute atomic E-state index is 0.0895. The highest BCUT2D eigenvalue weighted by molar-refractivity contribution is 5.10. The van der Waals surface area contributed by atoms with E-state index < -0.39 is 5.79 Å². The molecule has 2 heteroatoms. The zero-order valence-electron chi connectivity index (χ0n) is 39.9. The van der Waals surface area contributed by atoms with Crippen LogP contribution in [0.15, 0.2) is 0 Å². The summed E-state index contributed by atoms with van der Waals surface area (Å²) in [4.78, 5) is 0. The van der Waals surface area contributed by atoms with Gasteiger partial charge in [0.15, 0.2) is 5.79 Å². The summed E-state index contributed by atoms with van der Waals surface area (Å²) in [6.45, 7) is 12.5. The third-order valence-electron chi connectivity index (χ3n) is 14.7. The standard InChI is InChI=1S/C54H108O2/c1-6-11-16-21-26-31-36-41-46-52(47-42-37-32-27-22-17-12-7-2)51-56-54(55,50-45-40-35-30-25-20-15-10-5)53(52,48-43-38-33-28-23-18-13-8-3)49-44-39-34-29-24-19-14-9-4/h55H,6-51H2,1-5H3. The van der Waals surface area contributed by atoms with Gasteiger partial charge in [0.05, 0.1) is 6.61 Å². The minimum Gasteiger partial charge on any atom is -0.365 e. The molecule has 336 valence electrons. The van der Waals surface area contributed by atoms with Crippen molar-refractivity contribution in [3.8, 4) is 0 Å². The summed E-state index contributed by atoms with van der Waals surface area (Å²) in [7, 11) is 0. The summed E-state index contributed by atoms with van der Waals surface area (Å²) in [6, 6.07) is 0. The SMILES string of the molecule is CCCCCCCCCCC1(CCCCCCCCCC)COC(O)(CCCCCCCCCC)C1(CCCCCCCCCC)CCCCCCCCCC. The van der Waals surface area contributed by atoms with Crippen LogP contribution in [-0.2, 0) is 4.74 Å². The second-order valence-electron chi connectivity index (χ2n) is 19.6. The molecule has 1 aliphatic heterocycles. The van der Waals surface area contributed by atoms with Crippen molar-refractivity contribution in [3.05, 3.63) is 0 Å². The number of rotatable bonds is 45. The van der Waals surface area contributed by atoms with Crippen molar-refractivity contribution in [1.82, 2.24) is 0 Å². The van der Waals surface area contributed by atoms with Gasteiger partial charge in [0.25, 0.3) is 0 Å². The van der Waals surface area contributed by atoms with E-state index in [-0.39, 0.29) is 10.8 Å². The number of hydrogen-bond donors (Lipinski definition) is 1. The van der Waals surface area contributed by atoms with Crippen molar-refractivity contribution < 1.29 is 9.84 Å². The first-order valence-electron chi connectivity index (χ1n) is 26.9. The van der Waals surface area contributed by atoms with Crippen LogP contribution in [-0.4, -0.2) is 17.5 Å². The van der Waals surface area contributed by atoms with E-state index in [4.69, 9.17) is 4.74 Å². The van der Waals surface area contributed by atoms with Gasteiger partial charge in [-0.15, -0.1) is 0 Å². The van der Waals surface area contributed by atoms with Gasteiger partial charge < -0.3 is 9.84 Å². The Bertz CT molecular complexity index is 751. The van der Waals surface area contributed by atoms with Crippen LogP contribution in [0.5, 0.6) is 0 Å². The van der Waals surface area contributed by atoms with Crippen molar-refractivity contribution in [3.63, 3.8) is 0 Å². The van der Waals surface area contributed by atoms with Crippen LogP contribution in [0.4, 0.5) is 0 Å². The van der Waals surface area contributed by atoms with Gasteiger partial charge in [0.2, 0.25) is 0 Å². The molecule has 0 radical (unpaired) electrons. The van der Waals surface area contributed by atoms with Gasteiger partial charge in [-0.2, -0.15) is 0 Å². The maximum absolute atomic E-state index is 13.2. The molecule has 1 N–H and O–H groups in total. The molecule has 1 heterocycles. The molecule has 0 bridgehead atoms. The van der Waals surface area contributed by atoms with Gasteiger partial charge in [-0.1, -0.05) is 285 Å². The van der Waals surface area contributed by atoms with Gasteiger partial charge in [-0.25, -0.2) is 0 Å². The van der Waals surface area contributed by atoms with Gasteiger partial charge >= 0.3 is 0 Å². The fourth-order valence-corrected chi connectivity index (χ4v) is 10.9. The van der Waals surface area contributed by atoms with Crippen LogP contribution in [0.3, 0.4) is 0 Å². The van der Waals surface area contributed by atoms with E-state index in [1.165, 1.54) is 276 Å². The quantitative estimate of drug-likeness (QED) is 0.0623. The molecular weight excluding hydrogens is 681 g/mol. The molecular formula is C54H108O2. The summed E-state index contributed by atoms with van der Waals surface area (Å²) in [6.07, 6.45) is 60.4. The lowest BCUT2D eigenvalue weighted by Gasteiger charge is -2.51. The summed E-state index contributed by atoms with van der Waals surface area (Å²) < 4.78 is 7.08. The monoisotopic (exact) mass is 789 g/mol. The largest absolute Gasteiger partial charge is 0.365 e. The van der Waals surface area contributed by atoms with Crippen LogP contribution in [0.2, 0.25) is 0 Å². The van der Waals surface area contributed by atoms with E-state index in [1.807, 2.05) is 0 Å². The Hall–Kier alpha value is -0.0800. The average Bonchev–Trinajstić information content (AvgIpc) is 3.43. The van der Waals surface area contributed by atoms with Crippen molar-refractivity contribution in [1.29, 1.82) is 0 Å². The highest BCUT2D eigenvalue weighted by Crippen LogP contribution is 2.65. The molecule has 0 aromatic heterocycles. The predicted molar refractivity (Wildman–Crippen MR) is 252 cm³/mol. The molecule has 1 aliphatic rings. The van der Waals surface area contributed by atoms with Crippen LogP contribution >= 0.6 is 0 Å². The fraction of sp³-hybridized carbons (Fsp3) is 1.00. The van der Waals surface area contributed by atoms with E-state index >= 15 is 0 Å². The van der Waals surface area contributed by atoms with E-state index in [1.54, 1.807) is 0 Å². The van der Waals surface area contributed by atoms with E-state index in [9.17, 15) is 5.11 Å². The number of ether oxygens (including phenoxy) is 1. The molecule has 0 aliphatic carbocycles. The average molecular weight is 789 g/mol. The lowest BCUT2D eigenvalue weighted by Crippen LogP contribution is -2.53. The number of aliphatic hydroxyl groups is 1. The molecule has 0 saturated carbocycles. The molecule has 1 atom stereocenters. The Morgan fingerprint density at radius 2 is 0.500 bits per heavy atom. The van der Waals surface area contributed by atoms with Crippen LogP contribution in [0.25, 0.3) is 0 Å². The first kappa shape index (κ1) is 53.9. The summed E-state index contributed by atoms with van der Waals surface area (Å²) in [5.41, 5.74) is 0.0440. The molecule has 56 heavy (non-hydrogen) atoms. The molecule has 0 spiro atoms. The van der Waals surface area contributed by atoms with Crippen molar-refractivity contribution >= 4 is 0 Å². The molecule has 1 saturated heterocycles. The first-order valence-corrected chi connectivity index (χ1v) is 26.9. The molecule has 2 nitrogen and oxygen atoms in total. The van der Waals surface area contributed by atoms with Crippen molar-refractivity contribution in [2.75, 3.05) is 6.61 Å².